The van der Waals surface area contributed by atoms with Crippen LogP contribution < -0.4 is 5.14 Å². The molecule has 1 aliphatic rings. The van der Waals surface area contributed by atoms with Gasteiger partial charge in [0, 0.05) is 19.0 Å². The van der Waals surface area contributed by atoms with Crippen molar-refractivity contribution in [2.75, 3.05) is 12.4 Å². The van der Waals surface area contributed by atoms with Crippen molar-refractivity contribution >= 4 is 38.3 Å². The van der Waals surface area contributed by atoms with E-state index in [4.69, 9.17) is 16.7 Å². The molecule has 144 valence electrons. The van der Waals surface area contributed by atoms with Crippen LogP contribution in [0.3, 0.4) is 0 Å². The monoisotopic (exact) mass is 414 g/mol. The summed E-state index contributed by atoms with van der Waals surface area (Å²) >= 11 is 5.78. The molecule has 1 atom stereocenters. The zero-order chi connectivity index (χ0) is 19.9. The molecule has 3 aromatic carbocycles. The number of halogens is 1. The highest BCUT2D eigenvalue weighted by Crippen LogP contribution is 2.35. The van der Waals surface area contributed by atoms with Crippen LogP contribution in [-0.2, 0) is 21.4 Å². The number of fused-ring (bicyclic) bond motifs is 2. The maximum Gasteiger partial charge on any atom is 0.238 e. The van der Waals surface area contributed by atoms with Gasteiger partial charge in [-0.15, -0.1) is 11.6 Å². The number of nitrogens with zero attached hydrogens (tertiary/aromatic N) is 1. The summed E-state index contributed by atoms with van der Waals surface area (Å²) in [5.74, 6) is -0.164. The number of hydrogen-bond acceptors (Lipinski definition) is 3. The van der Waals surface area contributed by atoms with E-state index in [1.54, 1.807) is 17.0 Å². The van der Waals surface area contributed by atoms with Gasteiger partial charge in [-0.2, -0.15) is 0 Å². The first kappa shape index (κ1) is 18.9. The molecule has 0 aliphatic carbocycles. The Labute approximate surface area is 168 Å². The standard InChI is InChI=1S/C21H19ClN2O3S/c22-11-21(25)24-12-16-3-1-2-4-19(16)20(13-24)15-6-5-14-7-8-18(28(23,26)27)10-17(14)9-15/h1-10,20H,11-13H2,(H2,23,26,27). The van der Waals surface area contributed by atoms with Gasteiger partial charge < -0.3 is 4.90 Å². The fourth-order valence-electron chi connectivity index (χ4n) is 3.80. The molecule has 3 aromatic rings. The van der Waals surface area contributed by atoms with Gasteiger partial charge in [0.2, 0.25) is 15.9 Å². The quantitative estimate of drug-likeness (QED) is 0.668. The van der Waals surface area contributed by atoms with Crippen LogP contribution in [0.15, 0.2) is 65.6 Å². The SMILES string of the molecule is NS(=O)(=O)c1ccc2ccc(C3CN(C(=O)CCl)Cc4ccccc43)cc2c1. The predicted molar refractivity (Wildman–Crippen MR) is 110 cm³/mol. The molecule has 1 heterocycles. The molecule has 5 nitrogen and oxygen atoms in total. The van der Waals surface area contributed by atoms with Crippen LogP contribution in [0, 0.1) is 0 Å². The van der Waals surface area contributed by atoms with Gasteiger partial charge in [0.05, 0.1) is 4.90 Å². The molecule has 1 aliphatic heterocycles. The maximum absolute atomic E-state index is 12.2. The van der Waals surface area contributed by atoms with E-state index in [2.05, 4.69) is 6.07 Å². The summed E-state index contributed by atoms with van der Waals surface area (Å²) in [6, 6.07) is 18.9. The summed E-state index contributed by atoms with van der Waals surface area (Å²) in [4.78, 5) is 14.1. The van der Waals surface area contributed by atoms with Crippen molar-refractivity contribution in [3.8, 4) is 0 Å². The highest BCUT2D eigenvalue weighted by atomic mass is 35.5. The Bertz CT molecular complexity index is 1180. The van der Waals surface area contributed by atoms with Crippen molar-refractivity contribution in [2.45, 2.75) is 17.4 Å². The second-order valence-corrected chi connectivity index (χ2v) is 8.80. The summed E-state index contributed by atoms with van der Waals surface area (Å²) in [6.07, 6.45) is 0. The number of benzene rings is 3. The summed E-state index contributed by atoms with van der Waals surface area (Å²) < 4.78 is 23.4. The van der Waals surface area contributed by atoms with Gasteiger partial charge in [-0.3, -0.25) is 4.79 Å². The Hall–Kier alpha value is -2.41. The first-order valence-corrected chi connectivity index (χ1v) is 10.9. The predicted octanol–water partition coefficient (Wildman–Crippen LogP) is 3.20. The van der Waals surface area contributed by atoms with Crippen LogP contribution in [0.25, 0.3) is 10.8 Å². The van der Waals surface area contributed by atoms with E-state index in [1.807, 2.05) is 36.4 Å². The number of sulfonamides is 1. The molecule has 0 fully saturated rings. The summed E-state index contributed by atoms with van der Waals surface area (Å²) in [5.41, 5.74) is 3.28. The van der Waals surface area contributed by atoms with Crippen molar-refractivity contribution in [2.24, 2.45) is 5.14 Å². The van der Waals surface area contributed by atoms with E-state index in [9.17, 15) is 13.2 Å². The van der Waals surface area contributed by atoms with Crippen molar-refractivity contribution in [1.82, 2.24) is 4.90 Å². The number of amides is 1. The number of nitrogens with two attached hydrogens (primary N) is 1. The zero-order valence-corrected chi connectivity index (χ0v) is 16.6. The van der Waals surface area contributed by atoms with E-state index in [1.165, 1.54) is 11.6 Å². The van der Waals surface area contributed by atoms with Crippen LogP contribution in [0.5, 0.6) is 0 Å². The summed E-state index contributed by atoms with van der Waals surface area (Å²) in [6.45, 7) is 1.07. The molecule has 0 bridgehead atoms. The van der Waals surface area contributed by atoms with Crippen LogP contribution in [0.2, 0.25) is 0 Å². The molecule has 0 saturated carbocycles. The molecule has 0 saturated heterocycles. The molecule has 0 spiro atoms. The van der Waals surface area contributed by atoms with E-state index >= 15 is 0 Å². The second-order valence-electron chi connectivity index (χ2n) is 6.97. The lowest BCUT2D eigenvalue weighted by atomic mass is 9.84. The molecule has 4 rings (SSSR count). The van der Waals surface area contributed by atoms with Gasteiger partial charge in [-0.1, -0.05) is 48.5 Å². The van der Waals surface area contributed by atoms with Gasteiger partial charge in [-0.05, 0) is 39.6 Å². The minimum atomic E-state index is -3.77. The first-order chi connectivity index (χ1) is 13.4. The third kappa shape index (κ3) is 3.51. The molecule has 1 amide bonds. The average molecular weight is 415 g/mol. The molecule has 0 aromatic heterocycles. The minimum absolute atomic E-state index is 0.0142. The van der Waals surface area contributed by atoms with Crippen molar-refractivity contribution in [3.63, 3.8) is 0 Å². The molecular weight excluding hydrogens is 396 g/mol. The number of primary sulfonamides is 1. The first-order valence-electron chi connectivity index (χ1n) is 8.85. The van der Waals surface area contributed by atoms with Gasteiger partial charge >= 0.3 is 0 Å². The normalized spacial score (nSPS) is 16.8. The van der Waals surface area contributed by atoms with E-state index in [0.717, 1.165) is 21.9 Å². The highest BCUT2D eigenvalue weighted by molar-refractivity contribution is 7.89. The number of alkyl halides is 1. The smallest absolute Gasteiger partial charge is 0.238 e. The number of hydrogen-bond donors (Lipinski definition) is 1. The van der Waals surface area contributed by atoms with Crippen molar-refractivity contribution < 1.29 is 13.2 Å². The van der Waals surface area contributed by atoms with Crippen molar-refractivity contribution in [1.29, 1.82) is 0 Å². The number of carbonyl (C=O) groups excluding carboxylic acids is 1. The molecule has 1 unspecified atom stereocenters. The van der Waals surface area contributed by atoms with Gasteiger partial charge in [0.1, 0.15) is 5.88 Å². The average Bonchev–Trinajstić information content (AvgIpc) is 2.70. The topological polar surface area (TPSA) is 80.5 Å². The number of carbonyl (C=O) groups is 1. The Morgan fingerprint density at radius 3 is 2.57 bits per heavy atom. The van der Waals surface area contributed by atoms with Gasteiger partial charge in [-0.25, -0.2) is 13.6 Å². The summed E-state index contributed by atoms with van der Waals surface area (Å²) in [5, 5.41) is 6.99. The Kier molecular flexibility index (Phi) is 4.87. The van der Waals surface area contributed by atoms with Crippen LogP contribution in [0.1, 0.15) is 22.6 Å². The number of rotatable bonds is 3. The Morgan fingerprint density at radius 2 is 1.82 bits per heavy atom. The lowest BCUT2D eigenvalue weighted by Crippen LogP contribution is -2.39. The zero-order valence-electron chi connectivity index (χ0n) is 15.0. The Balaban J connectivity index is 1.82. The molecule has 2 N–H and O–H groups in total. The fraction of sp³-hybridized carbons (Fsp3) is 0.190. The lowest BCUT2D eigenvalue weighted by molar-refractivity contribution is -0.129. The second kappa shape index (κ2) is 7.20. The van der Waals surface area contributed by atoms with Gasteiger partial charge in [0.15, 0.2) is 0 Å². The molecule has 0 radical (unpaired) electrons. The largest absolute Gasteiger partial charge is 0.336 e. The van der Waals surface area contributed by atoms with Crippen LogP contribution in [0.4, 0.5) is 0 Å². The molecule has 7 heteroatoms. The lowest BCUT2D eigenvalue weighted by Gasteiger charge is -2.35. The Morgan fingerprint density at radius 1 is 1.07 bits per heavy atom. The van der Waals surface area contributed by atoms with Gasteiger partial charge in [0.25, 0.3) is 0 Å². The maximum atomic E-state index is 12.2. The molecular formula is C21H19ClN2O3S. The van der Waals surface area contributed by atoms with E-state index in [-0.39, 0.29) is 22.6 Å². The summed E-state index contributed by atoms with van der Waals surface area (Å²) in [7, 11) is -3.77. The van der Waals surface area contributed by atoms with E-state index < -0.39 is 10.0 Å². The third-order valence-corrected chi connectivity index (χ3v) is 6.37. The molecule has 28 heavy (non-hydrogen) atoms. The fourth-order valence-corrected chi connectivity index (χ4v) is 4.52. The minimum Gasteiger partial charge on any atom is -0.336 e. The van der Waals surface area contributed by atoms with Crippen molar-refractivity contribution in [3.05, 3.63) is 77.4 Å². The third-order valence-electron chi connectivity index (χ3n) is 5.23. The van der Waals surface area contributed by atoms with E-state index in [0.29, 0.717) is 13.1 Å². The van der Waals surface area contributed by atoms with Crippen LogP contribution >= 0.6 is 11.6 Å². The van der Waals surface area contributed by atoms with Crippen LogP contribution in [-0.4, -0.2) is 31.6 Å². The highest BCUT2D eigenvalue weighted by Gasteiger charge is 2.28.